The molecule has 0 N–H and O–H groups in total. The molecule has 1 amide bonds. The summed E-state index contributed by atoms with van der Waals surface area (Å²) in [6, 6.07) is 26.0. The smallest absolute Gasteiger partial charge is 0.271 e. The Hall–Kier alpha value is -4.42. The maximum absolute atomic E-state index is 13.4. The Bertz CT molecular complexity index is 1600. The molecule has 1 saturated heterocycles. The molecule has 2 unspecified atom stereocenters. The van der Waals surface area contributed by atoms with Gasteiger partial charge in [0.25, 0.3) is 5.91 Å². The summed E-state index contributed by atoms with van der Waals surface area (Å²) in [6.45, 7) is 0. The van der Waals surface area contributed by atoms with Gasteiger partial charge in [-0.1, -0.05) is 41.9 Å². The highest BCUT2D eigenvalue weighted by molar-refractivity contribution is 6.30. The molecule has 7 heteroatoms. The molecule has 1 aliphatic carbocycles. The summed E-state index contributed by atoms with van der Waals surface area (Å²) in [5, 5.41) is 0.564. The minimum atomic E-state index is -0.815. The van der Waals surface area contributed by atoms with Gasteiger partial charge in [0.15, 0.2) is 11.6 Å². The molecular weight excluding hydrogens is 500 g/mol. The molecule has 1 fully saturated rings. The molecule has 4 aromatic carbocycles. The number of ether oxygens (including phenoxy) is 1. The molecule has 2 atom stereocenters. The van der Waals surface area contributed by atoms with Crippen LogP contribution in [0.2, 0.25) is 5.02 Å². The van der Waals surface area contributed by atoms with E-state index in [4.69, 9.17) is 16.3 Å². The van der Waals surface area contributed by atoms with E-state index in [1.165, 1.54) is 0 Å². The molecule has 0 radical (unpaired) electrons. The summed E-state index contributed by atoms with van der Waals surface area (Å²) < 4.78 is 6.14. The molecule has 0 aromatic heterocycles. The summed E-state index contributed by atoms with van der Waals surface area (Å²) in [5.74, 6) is -0.0807. The highest BCUT2D eigenvalue weighted by atomic mass is 35.5. The van der Waals surface area contributed by atoms with Crippen molar-refractivity contribution >= 4 is 40.4 Å². The number of rotatable bonds is 5. The van der Waals surface area contributed by atoms with Gasteiger partial charge >= 0.3 is 0 Å². The first kappa shape index (κ1) is 23.9. The van der Waals surface area contributed by atoms with Crippen molar-refractivity contribution < 1.29 is 19.1 Å². The van der Waals surface area contributed by atoms with Crippen molar-refractivity contribution in [1.29, 1.82) is 0 Å². The number of hydrogen-bond acceptors (Lipinski definition) is 5. The normalized spacial score (nSPS) is 18.0. The number of hydrogen-bond donors (Lipinski definition) is 0. The van der Waals surface area contributed by atoms with Gasteiger partial charge in [0, 0.05) is 52.7 Å². The zero-order chi connectivity index (χ0) is 26.6. The molecule has 188 valence electrons. The number of fused-ring (bicyclic) bond motifs is 2. The number of ketones is 2. The zero-order valence-electron chi connectivity index (χ0n) is 20.7. The Morgan fingerprint density at radius 2 is 1.34 bits per heavy atom. The number of carbonyl (C=O) groups is 3. The number of anilines is 2. The minimum Gasteiger partial charge on any atom is -0.478 e. The fourth-order valence-electron chi connectivity index (χ4n) is 5.06. The number of nitrogens with zero attached hydrogens (tertiary/aromatic N) is 2. The molecule has 6 nitrogen and oxygen atoms in total. The SMILES string of the molecule is CN(C)c1ccc(N2C(=O)C(Oc3ccc(Cl)cc3)C2c2ccc3c(c2)C(=O)c2ccccc2C3=O)cc1. The van der Waals surface area contributed by atoms with Crippen molar-refractivity contribution in [3.63, 3.8) is 0 Å². The molecule has 38 heavy (non-hydrogen) atoms. The van der Waals surface area contributed by atoms with E-state index < -0.39 is 12.1 Å². The van der Waals surface area contributed by atoms with Crippen LogP contribution in [0.1, 0.15) is 43.4 Å². The largest absolute Gasteiger partial charge is 0.478 e. The van der Waals surface area contributed by atoms with Crippen molar-refractivity contribution in [2.24, 2.45) is 0 Å². The molecule has 6 rings (SSSR count). The minimum absolute atomic E-state index is 0.184. The second kappa shape index (κ2) is 9.15. The van der Waals surface area contributed by atoms with Crippen LogP contribution in [-0.2, 0) is 4.79 Å². The van der Waals surface area contributed by atoms with Crippen LogP contribution in [0.4, 0.5) is 11.4 Å². The Morgan fingerprint density at radius 1 is 0.737 bits per heavy atom. The second-order valence-corrected chi connectivity index (χ2v) is 10.0. The first-order valence-electron chi connectivity index (χ1n) is 12.2. The van der Waals surface area contributed by atoms with E-state index in [1.54, 1.807) is 71.6 Å². The van der Waals surface area contributed by atoms with Crippen LogP contribution in [0.15, 0.2) is 91.0 Å². The predicted octanol–water partition coefficient (Wildman–Crippen LogP) is 5.72. The van der Waals surface area contributed by atoms with Gasteiger partial charge in [-0.15, -0.1) is 0 Å². The number of amides is 1. The van der Waals surface area contributed by atoms with E-state index >= 15 is 0 Å². The maximum Gasteiger partial charge on any atom is 0.271 e. The number of halogens is 1. The van der Waals surface area contributed by atoms with Crippen LogP contribution in [0, 0.1) is 0 Å². The average molecular weight is 523 g/mol. The van der Waals surface area contributed by atoms with Gasteiger partial charge in [-0.3, -0.25) is 19.3 Å². The van der Waals surface area contributed by atoms with Crippen LogP contribution < -0.4 is 14.5 Å². The molecule has 0 spiro atoms. The van der Waals surface area contributed by atoms with Crippen LogP contribution in [0.25, 0.3) is 0 Å². The Labute approximate surface area is 225 Å². The van der Waals surface area contributed by atoms with E-state index in [1.807, 2.05) is 43.3 Å². The van der Waals surface area contributed by atoms with E-state index in [-0.39, 0.29) is 17.5 Å². The zero-order valence-corrected chi connectivity index (χ0v) is 21.5. The van der Waals surface area contributed by atoms with Crippen LogP contribution in [0.3, 0.4) is 0 Å². The molecule has 1 aliphatic heterocycles. The van der Waals surface area contributed by atoms with Gasteiger partial charge in [-0.05, 0) is 66.2 Å². The maximum atomic E-state index is 13.4. The van der Waals surface area contributed by atoms with Gasteiger partial charge in [0.05, 0.1) is 0 Å². The Balaban J connectivity index is 1.41. The topological polar surface area (TPSA) is 66.9 Å². The van der Waals surface area contributed by atoms with Crippen LogP contribution >= 0.6 is 11.6 Å². The van der Waals surface area contributed by atoms with Gasteiger partial charge in [0.1, 0.15) is 11.8 Å². The Kier molecular flexibility index (Phi) is 5.77. The highest BCUT2D eigenvalue weighted by Crippen LogP contribution is 2.43. The number of carbonyl (C=O) groups excluding carboxylic acids is 3. The van der Waals surface area contributed by atoms with Crippen molar-refractivity contribution in [2.75, 3.05) is 23.9 Å². The van der Waals surface area contributed by atoms with Crippen LogP contribution in [0.5, 0.6) is 5.75 Å². The van der Waals surface area contributed by atoms with Gasteiger partial charge in [-0.25, -0.2) is 0 Å². The van der Waals surface area contributed by atoms with E-state index in [0.717, 1.165) is 5.69 Å². The molecule has 1 heterocycles. The Morgan fingerprint density at radius 3 is 1.97 bits per heavy atom. The number of β-lactam (4-membered cyclic amide) rings is 1. The lowest BCUT2D eigenvalue weighted by Crippen LogP contribution is -2.61. The molecule has 4 aromatic rings. The van der Waals surface area contributed by atoms with E-state index in [9.17, 15) is 14.4 Å². The van der Waals surface area contributed by atoms with E-state index in [0.29, 0.717) is 44.3 Å². The molecule has 0 saturated carbocycles. The van der Waals surface area contributed by atoms with Gasteiger partial charge in [-0.2, -0.15) is 0 Å². The van der Waals surface area contributed by atoms with Crippen molar-refractivity contribution in [2.45, 2.75) is 12.1 Å². The lowest BCUT2D eigenvalue weighted by atomic mass is 9.81. The summed E-state index contributed by atoms with van der Waals surface area (Å²) >= 11 is 6.02. The quantitative estimate of drug-likeness (QED) is 0.276. The lowest BCUT2D eigenvalue weighted by Gasteiger charge is -2.47. The molecule has 0 bridgehead atoms. The summed E-state index contributed by atoms with van der Waals surface area (Å²) in [4.78, 5) is 43.6. The van der Waals surface area contributed by atoms with Crippen LogP contribution in [-0.4, -0.2) is 37.7 Å². The third-order valence-electron chi connectivity index (χ3n) is 7.06. The van der Waals surface area contributed by atoms with Crippen molar-refractivity contribution in [3.05, 3.63) is 124 Å². The lowest BCUT2D eigenvalue weighted by molar-refractivity contribution is -0.135. The fourth-order valence-corrected chi connectivity index (χ4v) is 5.19. The third kappa shape index (κ3) is 3.85. The predicted molar refractivity (Wildman–Crippen MR) is 147 cm³/mol. The second-order valence-electron chi connectivity index (χ2n) is 9.57. The average Bonchev–Trinajstić information content (AvgIpc) is 2.94. The molecular formula is C31H23ClN2O4. The van der Waals surface area contributed by atoms with Gasteiger partial charge in [0.2, 0.25) is 6.10 Å². The van der Waals surface area contributed by atoms with E-state index in [2.05, 4.69) is 0 Å². The summed E-state index contributed by atoms with van der Waals surface area (Å²) in [7, 11) is 3.90. The highest BCUT2D eigenvalue weighted by Gasteiger charge is 2.51. The van der Waals surface area contributed by atoms with Crippen molar-refractivity contribution in [1.82, 2.24) is 0 Å². The first-order chi connectivity index (χ1) is 18.3. The first-order valence-corrected chi connectivity index (χ1v) is 12.6. The fraction of sp³-hybridized carbons (Fsp3) is 0.129. The summed E-state index contributed by atoms with van der Waals surface area (Å²) in [6.07, 6.45) is -0.815. The standard InChI is InChI=1S/C31H23ClN2O4/c1-33(2)20-10-12-21(13-11-20)34-27(30(31(34)37)38-22-14-8-19(32)9-15-22)18-7-16-25-26(17-18)29(36)24-6-4-3-5-23(24)28(25)35/h3-17,27,30H,1-2H3. The summed E-state index contributed by atoms with van der Waals surface area (Å²) in [5.41, 5.74) is 3.91. The molecule has 2 aliphatic rings. The van der Waals surface area contributed by atoms with Gasteiger partial charge < -0.3 is 9.64 Å². The number of benzene rings is 4. The van der Waals surface area contributed by atoms with Crippen molar-refractivity contribution in [3.8, 4) is 5.75 Å². The monoisotopic (exact) mass is 522 g/mol. The third-order valence-corrected chi connectivity index (χ3v) is 7.31.